The number of nitrogens with zero attached hydrogens (tertiary/aromatic N) is 3. The van der Waals surface area contributed by atoms with E-state index < -0.39 is 0 Å². The van der Waals surface area contributed by atoms with Gasteiger partial charge in [-0.25, -0.2) is 0 Å². The van der Waals surface area contributed by atoms with E-state index in [2.05, 4.69) is 29.4 Å². The molecule has 2 rings (SSSR count). The minimum atomic E-state index is 0.639. The van der Waals surface area contributed by atoms with Crippen molar-refractivity contribution in [2.45, 2.75) is 45.7 Å². The molecular formula is C12H22N4. The molecule has 0 amide bonds. The normalized spacial score (nSPS) is 30.6. The molecule has 1 aromatic heterocycles. The van der Waals surface area contributed by atoms with Crippen LogP contribution in [0.25, 0.3) is 0 Å². The van der Waals surface area contributed by atoms with Crippen LogP contribution in [0, 0.1) is 11.8 Å². The minimum Gasteiger partial charge on any atom is -0.320 e. The summed E-state index contributed by atoms with van der Waals surface area (Å²) in [6.07, 6.45) is 5.77. The van der Waals surface area contributed by atoms with Crippen LogP contribution in [-0.2, 0) is 13.6 Å². The highest BCUT2D eigenvalue weighted by molar-refractivity contribution is 4.87. The van der Waals surface area contributed by atoms with E-state index in [0.29, 0.717) is 6.04 Å². The van der Waals surface area contributed by atoms with Crippen LogP contribution in [0.15, 0.2) is 6.33 Å². The fourth-order valence-corrected chi connectivity index (χ4v) is 2.51. The zero-order valence-electron chi connectivity index (χ0n) is 10.5. The number of rotatable bonds is 3. The second-order valence-electron chi connectivity index (χ2n) is 5.24. The Morgan fingerprint density at radius 2 is 2.25 bits per heavy atom. The predicted octanol–water partition coefficient (Wildman–Crippen LogP) is 1.73. The van der Waals surface area contributed by atoms with Gasteiger partial charge in [-0.05, 0) is 24.7 Å². The highest BCUT2D eigenvalue weighted by atomic mass is 15.3. The molecule has 90 valence electrons. The molecule has 16 heavy (non-hydrogen) atoms. The quantitative estimate of drug-likeness (QED) is 0.847. The van der Waals surface area contributed by atoms with E-state index in [9.17, 15) is 0 Å². The molecule has 0 spiro atoms. The highest BCUT2D eigenvalue weighted by Crippen LogP contribution is 2.28. The van der Waals surface area contributed by atoms with Crippen molar-refractivity contribution in [2.75, 3.05) is 0 Å². The van der Waals surface area contributed by atoms with Crippen LogP contribution in [0.5, 0.6) is 0 Å². The lowest BCUT2D eigenvalue weighted by Crippen LogP contribution is -2.39. The zero-order chi connectivity index (χ0) is 11.5. The van der Waals surface area contributed by atoms with Crippen molar-refractivity contribution in [1.29, 1.82) is 0 Å². The van der Waals surface area contributed by atoms with Crippen LogP contribution < -0.4 is 5.32 Å². The average Bonchev–Trinajstić information content (AvgIpc) is 2.66. The number of hydrogen-bond donors (Lipinski definition) is 1. The SMILES string of the molecule is CC1CCC(C)C(NCc2nncn2C)C1. The first kappa shape index (κ1) is 11.6. The molecule has 4 heteroatoms. The monoisotopic (exact) mass is 222 g/mol. The predicted molar refractivity (Wildman–Crippen MR) is 63.8 cm³/mol. The van der Waals surface area contributed by atoms with Gasteiger partial charge >= 0.3 is 0 Å². The summed E-state index contributed by atoms with van der Waals surface area (Å²) < 4.78 is 1.98. The summed E-state index contributed by atoms with van der Waals surface area (Å²) in [6.45, 7) is 5.53. The molecule has 1 aliphatic carbocycles. The number of aromatic nitrogens is 3. The maximum atomic E-state index is 4.09. The molecule has 1 saturated carbocycles. The molecule has 1 N–H and O–H groups in total. The van der Waals surface area contributed by atoms with Crippen molar-refractivity contribution in [3.8, 4) is 0 Å². The summed E-state index contributed by atoms with van der Waals surface area (Å²) in [6, 6.07) is 0.639. The first-order chi connectivity index (χ1) is 7.66. The summed E-state index contributed by atoms with van der Waals surface area (Å²) >= 11 is 0. The van der Waals surface area contributed by atoms with Crippen LogP contribution >= 0.6 is 0 Å². The average molecular weight is 222 g/mol. The third-order valence-corrected chi connectivity index (χ3v) is 3.79. The third-order valence-electron chi connectivity index (χ3n) is 3.79. The number of nitrogens with one attached hydrogen (secondary N) is 1. The number of hydrogen-bond acceptors (Lipinski definition) is 3. The van der Waals surface area contributed by atoms with Crippen LogP contribution in [0.1, 0.15) is 38.9 Å². The molecule has 4 nitrogen and oxygen atoms in total. The summed E-state index contributed by atoms with van der Waals surface area (Å²) in [5.74, 6) is 2.66. The molecule has 3 atom stereocenters. The van der Waals surface area contributed by atoms with E-state index in [1.807, 2.05) is 11.6 Å². The van der Waals surface area contributed by atoms with Crippen molar-refractivity contribution >= 4 is 0 Å². The Balaban J connectivity index is 1.87. The molecule has 0 aromatic carbocycles. The summed E-state index contributed by atoms with van der Waals surface area (Å²) in [5, 5.41) is 11.6. The fraction of sp³-hybridized carbons (Fsp3) is 0.833. The molecule has 0 aliphatic heterocycles. The first-order valence-electron chi connectivity index (χ1n) is 6.23. The van der Waals surface area contributed by atoms with E-state index in [1.54, 1.807) is 6.33 Å². The Morgan fingerprint density at radius 1 is 1.44 bits per heavy atom. The Kier molecular flexibility index (Phi) is 3.59. The molecule has 1 fully saturated rings. The van der Waals surface area contributed by atoms with Gasteiger partial charge in [0.05, 0.1) is 6.54 Å². The standard InChI is InChI=1S/C12H22N4/c1-9-4-5-10(2)11(6-9)13-7-12-15-14-8-16(12)3/h8-11,13H,4-7H2,1-3H3. The molecule has 0 bridgehead atoms. The second-order valence-corrected chi connectivity index (χ2v) is 5.24. The molecule has 1 heterocycles. The summed E-state index contributed by atoms with van der Waals surface area (Å²) in [4.78, 5) is 0. The van der Waals surface area contributed by atoms with Gasteiger partial charge in [-0.3, -0.25) is 0 Å². The van der Waals surface area contributed by atoms with Gasteiger partial charge in [-0.15, -0.1) is 10.2 Å². The molecule has 0 radical (unpaired) electrons. The third kappa shape index (κ3) is 2.61. The minimum absolute atomic E-state index is 0.639. The largest absolute Gasteiger partial charge is 0.320 e. The summed E-state index contributed by atoms with van der Waals surface area (Å²) in [7, 11) is 1.99. The maximum Gasteiger partial charge on any atom is 0.146 e. The van der Waals surface area contributed by atoms with Gasteiger partial charge in [0.1, 0.15) is 12.2 Å². The Bertz CT molecular complexity index is 334. The van der Waals surface area contributed by atoms with Crippen molar-refractivity contribution in [3.05, 3.63) is 12.2 Å². The lowest BCUT2D eigenvalue weighted by molar-refractivity contribution is 0.226. The number of aryl methyl sites for hydroxylation is 1. The van der Waals surface area contributed by atoms with E-state index in [0.717, 1.165) is 24.2 Å². The lowest BCUT2D eigenvalue weighted by Gasteiger charge is -2.33. The molecular weight excluding hydrogens is 200 g/mol. The second kappa shape index (κ2) is 4.95. The van der Waals surface area contributed by atoms with Gasteiger partial charge in [0, 0.05) is 13.1 Å². The lowest BCUT2D eigenvalue weighted by atomic mass is 9.80. The first-order valence-corrected chi connectivity index (χ1v) is 6.23. The van der Waals surface area contributed by atoms with Gasteiger partial charge in [-0.1, -0.05) is 20.3 Å². The molecule has 1 aliphatic rings. The van der Waals surface area contributed by atoms with Gasteiger partial charge in [-0.2, -0.15) is 0 Å². The van der Waals surface area contributed by atoms with Crippen LogP contribution in [0.4, 0.5) is 0 Å². The smallest absolute Gasteiger partial charge is 0.146 e. The van der Waals surface area contributed by atoms with Crippen LogP contribution in [-0.4, -0.2) is 20.8 Å². The fourth-order valence-electron chi connectivity index (χ4n) is 2.51. The molecule has 3 unspecified atom stereocenters. The van der Waals surface area contributed by atoms with Crippen molar-refractivity contribution < 1.29 is 0 Å². The van der Waals surface area contributed by atoms with Gasteiger partial charge in [0.15, 0.2) is 0 Å². The van der Waals surface area contributed by atoms with Gasteiger partial charge in [0.25, 0.3) is 0 Å². The zero-order valence-corrected chi connectivity index (χ0v) is 10.5. The molecule has 0 saturated heterocycles. The summed E-state index contributed by atoms with van der Waals surface area (Å²) in [5.41, 5.74) is 0. The van der Waals surface area contributed by atoms with E-state index in [1.165, 1.54) is 19.3 Å². The van der Waals surface area contributed by atoms with Crippen molar-refractivity contribution in [1.82, 2.24) is 20.1 Å². The topological polar surface area (TPSA) is 42.7 Å². The van der Waals surface area contributed by atoms with E-state index >= 15 is 0 Å². The van der Waals surface area contributed by atoms with Crippen molar-refractivity contribution in [3.63, 3.8) is 0 Å². The van der Waals surface area contributed by atoms with Crippen LogP contribution in [0.2, 0.25) is 0 Å². The maximum absolute atomic E-state index is 4.09. The van der Waals surface area contributed by atoms with Gasteiger partial charge in [0.2, 0.25) is 0 Å². The van der Waals surface area contributed by atoms with E-state index in [-0.39, 0.29) is 0 Å². The van der Waals surface area contributed by atoms with Gasteiger partial charge < -0.3 is 9.88 Å². The Morgan fingerprint density at radius 3 is 2.94 bits per heavy atom. The van der Waals surface area contributed by atoms with E-state index in [4.69, 9.17) is 0 Å². The Hall–Kier alpha value is -0.900. The van der Waals surface area contributed by atoms with Crippen molar-refractivity contribution in [2.24, 2.45) is 18.9 Å². The molecule has 1 aromatic rings. The highest BCUT2D eigenvalue weighted by Gasteiger charge is 2.25. The Labute approximate surface area is 97.5 Å². The van der Waals surface area contributed by atoms with Crippen LogP contribution in [0.3, 0.4) is 0 Å².